The van der Waals surface area contributed by atoms with Crippen molar-refractivity contribution in [2.24, 2.45) is 0 Å². The molecule has 0 bridgehead atoms. The Kier molecular flexibility index (Phi) is 4.17. The third-order valence-electron chi connectivity index (χ3n) is 4.10. The Labute approximate surface area is 148 Å². The number of rotatable bonds is 6. The third-order valence-corrected chi connectivity index (χ3v) is 5.17. The molecule has 5 nitrogen and oxygen atoms in total. The second-order valence-corrected chi connectivity index (χ2v) is 7.10. The van der Waals surface area contributed by atoms with E-state index in [-0.39, 0.29) is 12.5 Å². The van der Waals surface area contributed by atoms with Crippen LogP contribution in [0.1, 0.15) is 28.3 Å². The zero-order valence-corrected chi connectivity index (χ0v) is 14.6. The first-order valence-corrected chi connectivity index (χ1v) is 9.07. The number of nitrogens with zero attached hydrogens (tertiary/aromatic N) is 2. The van der Waals surface area contributed by atoms with Crippen LogP contribution in [-0.2, 0) is 0 Å². The van der Waals surface area contributed by atoms with Gasteiger partial charge in [-0.25, -0.2) is 9.37 Å². The van der Waals surface area contributed by atoms with Crippen molar-refractivity contribution in [2.75, 3.05) is 13.3 Å². The highest BCUT2D eigenvalue weighted by atomic mass is 32.1. The molecule has 0 radical (unpaired) electrons. The maximum atomic E-state index is 12.4. The molecule has 2 aromatic heterocycles. The van der Waals surface area contributed by atoms with E-state index in [2.05, 4.69) is 10.3 Å². The van der Waals surface area contributed by atoms with Gasteiger partial charge in [0.2, 0.25) is 0 Å². The molecule has 1 saturated carbocycles. The summed E-state index contributed by atoms with van der Waals surface area (Å²) in [6.07, 6.45) is 2.13. The van der Waals surface area contributed by atoms with Gasteiger partial charge in [-0.05, 0) is 44.0 Å². The number of ether oxygens (including phenoxy) is 1. The van der Waals surface area contributed by atoms with E-state index < -0.39 is 6.67 Å². The summed E-state index contributed by atoms with van der Waals surface area (Å²) < 4.78 is 19.9. The lowest BCUT2D eigenvalue weighted by atomic mass is 10.3. The number of amides is 1. The molecule has 1 fully saturated rings. The van der Waals surface area contributed by atoms with Gasteiger partial charge in [0.1, 0.15) is 35.4 Å². The van der Waals surface area contributed by atoms with Crippen LogP contribution in [0.2, 0.25) is 0 Å². The fraction of sp³-hybridized carbons (Fsp3) is 0.333. The van der Waals surface area contributed by atoms with Crippen LogP contribution in [0.25, 0.3) is 16.0 Å². The lowest BCUT2D eigenvalue weighted by Gasteiger charge is -2.06. The van der Waals surface area contributed by atoms with Gasteiger partial charge >= 0.3 is 0 Å². The molecule has 1 aliphatic rings. The average Bonchev–Trinajstić information content (AvgIpc) is 3.16. The molecule has 130 valence electrons. The zero-order chi connectivity index (χ0) is 17.4. The summed E-state index contributed by atoms with van der Waals surface area (Å²) in [6, 6.07) is 9.70. The molecular weight excluding hydrogens is 341 g/mol. The van der Waals surface area contributed by atoms with Crippen molar-refractivity contribution < 1.29 is 13.9 Å². The lowest BCUT2D eigenvalue weighted by molar-refractivity contribution is 0.0955. The quantitative estimate of drug-likeness (QED) is 0.731. The number of para-hydroxylation sites is 1. The average molecular weight is 359 g/mol. The molecule has 0 unspecified atom stereocenters. The van der Waals surface area contributed by atoms with Crippen LogP contribution in [0, 0.1) is 6.92 Å². The van der Waals surface area contributed by atoms with Crippen molar-refractivity contribution in [3.8, 4) is 10.8 Å². The predicted octanol–water partition coefficient (Wildman–Crippen LogP) is 3.64. The number of imidazole rings is 1. The summed E-state index contributed by atoms with van der Waals surface area (Å²) in [5.41, 5.74) is 1.58. The van der Waals surface area contributed by atoms with Crippen molar-refractivity contribution >= 4 is 28.3 Å². The number of alkyl halides is 1. The molecule has 4 rings (SSSR count). The van der Waals surface area contributed by atoms with Gasteiger partial charge in [0.15, 0.2) is 0 Å². The number of halogens is 1. The van der Waals surface area contributed by atoms with Crippen LogP contribution >= 0.6 is 11.3 Å². The molecule has 0 spiro atoms. The summed E-state index contributed by atoms with van der Waals surface area (Å²) in [7, 11) is 0. The van der Waals surface area contributed by atoms with E-state index >= 15 is 0 Å². The highest BCUT2D eigenvalue weighted by Crippen LogP contribution is 2.31. The van der Waals surface area contributed by atoms with Crippen molar-refractivity contribution in [3.63, 3.8) is 0 Å². The Morgan fingerprint density at radius 1 is 1.40 bits per heavy atom. The van der Waals surface area contributed by atoms with Crippen LogP contribution < -0.4 is 10.1 Å². The van der Waals surface area contributed by atoms with Crippen LogP contribution in [-0.4, -0.2) is 34.8 Å². The summed E-state index contributed by atoms with van der Waals surface area (Å²) in [6.45, 7) is 1.37. The van der Waals surface area contributed by atoms with Crippen molar-refractivity contribution in [1.82, 2.24) is 14.9 Å². The fourth-order valence-electron chi connectivity index (χ4n) is 2.79. The van der Waals surface area contributed by atoms with Crippen LogP contribution in [0.15, 0.2) is 30.3 Å². The summed E-state index contributed by atoms with van der Waals surface area (Å²) in [5, 5.41) is 3.92. The first kappa shape index (κ1) is 16.1. The number of nitrogens with one attached hydrogen (secondary N) is 1. The number of carbonyl (C=O) groups excluding carboxylic acids is 1. The molecule has 1 aromatic carbocycles. The largest absolute Gasteiger partial charge is 0.489 e. The molecule has 3 aromatic rings. The van der Waals surface area contributed by atoms with E-state index in [1.165, 1.54) is 11.3 Å². The molecule has 0 aliphatic heterocycles. The van der Waals surface area contributed by atoms with E-state index in [0.717, 1.165) is 29.2 Å². The summed E-state index contributed by atoms with van der Waals surface area (Å²) in [4.78, 5) is 17.5. The monoisotopic (exact) mass is 359 g/mol. The fourth-order valence-corrected chi connectivity index (χ4v) is 3.76. The van der Waals surface area contributed by atoms with Crippen LogP contribution in [0.5, 0.6) is 5.75 Å². The molecule has 25 heavy (non-hydrogen) atoms. The normalized spacial score (nSPS) is 14.0. The molecule has 1 aliphatic carbocycles. The molecule has 1 N–H and O–H groups in total. The molecule has 0 atom stereocenters. The second kappa shape index (κ2) is 6.48. The molecule has 2 heterocycles. The van der Waals surface area contributed by atoms with Gasteiger partial charge in [-0.3, -0.25) is 9.36 Å². The topological polar surface area (TPSA) is 56.2 Å². The van der Waals surface area contributed by atoms with Crippen molar-refractivity contribution in [3.05, 3.63) is 41.0 Å². The Morgan fingerprint density at radius 2 is 2.24 bits per heavy atom. The SMILES string of the molecule is Cc1nc2c(OCCF)cccc2n1-c1ccc(C(=O)NC2CC2)s1. The zero-order valence-electron chi connectivity index (χ0n) is 13.8. The number of benzene rings is 1. The summed E-state index contributed by atoms with van der Waals surface area (Å²) >= 11 is 1.43. The molecular formula is C18H18FN3O2S. The van der Waals surface area contributed by atoms with E-state index in [0.29, 0.717) is 22.2 Å². The Morgan fingerprint density at radius 3 is 3.00 bits per heavy atom. The smallest absolute Gasteiger partial charge is 0.261 e. The van der Waals surface area contributed by atoms with E-state index in [1.807, 2.05) is 35.8 Å². The minimum Gasteiger partial charge on any atom is -0.489 e. The van der Waals surface area contributed by atoms with Gasteiger partial charge in [0.25, 0.3) is 5.91 Å². The first-order valence-electron chi connectivity index (χ1n) is 8.25. The molecule has 1 amide bonds. The Hall–Kier alpha value is -2.41. The minimum atomic E-state index is -0.541. The van der Waals surface area contributed by atoms with Crippen molar-refractivity contribution in [1.29, 1.82) is 0 Å². The Balaban J connectivity index is 1.70. The first-order chi connectivity index (χ1) is 12.2. The van der Waals surface area contributed by atoms with Crippen molar-refractivity contribution in [2.45, 2.75) is 25.8 Å². The molecule has 0 saturated heterocycles. The minimum absolute atomic E-state index is 0.00943. The highest BCUT2D eigenvalue weighted by Gasteiger charge is 2.24. The van der Waals surface area contributed by atoms with E-state index in [9.17, 15) is 9.18 Å². The van der Waals surface area contributed by atoms with Gasteiger partial charge in [-0.15, -0.1) is 11.3 Å². The van der Waals surface area contributed by atoms with Gasteiger partial charge in [-0.1, -0.05) is 6.07 Å². The number of carbonyl (C=O) groups is 1. The van der Waals surface area contributed by atoms with E-state index in [1.54, 1.807) is 6.07 Å². The van der Waals surface area contributed by atoms with Gasteiger partial charge < -0.3 is 10.1 Å². The number of hydrogen-bond acceptors (Lipinski definition) is 4. The van der Waals surface area contributed by atoms with Gasteiger partial charge in [0.05, 0.1) is 10.4 Å². The van der Waals surface area contributed by atoms with Gasteiger partial charge in [-0.2, -0.15) is 0 Å². The third kappa shape index (κ3) is 3.11. The van der Waals surface area contributed by atoms with E-state index in [4.69, 9.17) is 4.74 Å². The Bertz CT molecular complexity index is 930. The maximum absolute atomic E-state index is 12.4. The lowest BCUT2D eigenvalue weighted by Crippen LogP contribution is -2.24. The van der Waals surface area contributed by atoms with Gasteiger partial charge in [0, 0.05) is 6.04 Å². The number of hydrogen-bond donors (Lipinski definition) is 1. The number of aromatic nitrogens is 2. The second-order valence-electron chi connectivity index (χ2n) is 6.04. The summed E-state index contributed by atoms with van der Waals surface area (Å²) in [5.74, 6) is 1.34. The van der Waals surface area contributed by atoms with Crippen LogP contribution in [0.3, 0.4) is 0 Å². The number of fused-ring (bicyclic) bond motifs is 1. The highest BCUT2D eigenvalue weighted by molar-refractivity contribution is 7.16. The standard InChI is InChI=1S/C18H18FN3O2S/c1-11-20-17-13(3-2-4-14(17)24-10-9-19)22(11)16-8-7-15(25-16)18(23)21-12-5-6-12/h2-4,7-8,12H,5-6,9-10H2,1H3,(H,21,23). The predicted molar refractivity (Wildman–Crippen MR) is 95.6 cm³/mol. The number of aryl methyl sites for hydroxylation is 1. The maximum Gasteiger partial charge on any atom is 0.261 e. The number of thiophene rings is 1. The van der Waals surface area contributed by atoms with Crippen LogP contribution in [0.4, 0.5) is 4.39 Å². The molecule has 7 heteroatoms.